The zero-order valence-corrected chi connectivity index (χ0v) is 10.5. The van der Waals surface area contributed by atoms with Gasteiger partial charge in [0.1, 0.15) is 0 Å². The first-order valence-corrected chi connectivity index (χ1v) is 6.57. The van der Waals surface area contributed by atoms with Gasteiger partial charge in [-0.15, -0.1) is 0 Å². The maximum absolute atomic E-state index is 10.9. The fraction of sp³-hybridized carbons (Fsp3) is 1.00. The molecule has 1 atom stereocenters. The second kappa shape index (κ2) is 3.88. The predicted octanol–water partition coefficient (Wildman–Crippen LogP) is 2.72. The Balaban J connectivity index is 2.85. The molecule has 0 radical (unpaired) electrons. The summed E-state index contributed by atoms with van der Waals surface area (Å²) in [5.41, 5.74) is 0.102. The largest absolute Gasteiger partial charge is 0.521 e. The molecule has 0 saturated carbocycles. The molecule has 82 valence electrons. The highest BCUT2D eigenvalue weighted by Crippen LogP contribution is 2.40. The fourth-order valence-electron chi connectivity index (χ4n) is 2.55. The van der Waals surface area contributed by atoms with Gasteiger partial charge < -0.3 is 0 Å². The van der Waals surface area contributed by atoms with E-state index in [4.69, 9.17) is 4.89 Å². The van der Waals surface area contributed by atoms with Gasteiger partial charge in [0, 0.05) is 11.1 Å². The molecule has 0 spiro atoms. The van der Waals surface area contributed by atoms with Crippen molar-refractivity contribution in [3.63, 3.8) is 0 Å². The fourth-order valence-corrected chi connectivity index (χ4v) is 3.55. The molecule has 0 aromatic carbocycles. The van der Waals surface area contributed by atoms with Crippen LogP contribution in [0.5, 0.6) is 0 Å². The number of likely N-dealkylation sites (tertiary alicyclic amines) is 1. The highest BCUT2D eigenvalue weighted by atomic mass is 31.1. The molecule has 1 fully saturated rings. The van der Waals surface area contributed by atoms with E-state index in [2.05, 4.69) is 32.6 Å². The lowest BCUT2D eigenvalue weighted by atomic mass is 9.80. The molecule has 1 heterocycles. The number of rotatable bonds is 2. The van der Waals surface area contributed by atoms with Gasteiger partial charge in [0.05, 0.1) is 0 Å². The SMILES string of the molecule is CC1(C)CCCC(C)(C)N1C[P+](=O)O. The van der Waals surface area contributed by atoms with Gasteiger partial charge >= 0.3 is 8.03 Å². The summed E-state index contributed by atoms with van der Waals surface area (Å²) in [5.74, 6) is 0. The molecular weight excluding hydrogens is 197 g/mol. The van der Waals surface area contributed by atoms with Crippen molar-refractivity contribution >= 4 is 8.03 Å². The van der Waals surface area contributed by atoms with Crippen molar-refractivity contribution in [1.29, 1.82) is 0 Å². The Hall–Kier alpha value is 0.0200. The Morgan fingerprint density at radius 3 is 2.00 bits per heavy atom. The van der Waals surface area contributed by atoms with E-state index >= 15 is 0 Å². The van der Waals surface area contributed by atoms with Crippen LogP contribution in [0.3, 0.4) is 0 Å². The van der Waals surface area contributed by atoms with E-state index in [1.807, 2.05) is 0 Å². The van der Waals surface area contributed by atoms with Crippen LogP contribution in [-0.2, 0) is 4.57 Å². The Labute approximate surface area is 87.4 Å². The summed E-state index contributed by atoms with van der Waals surface area (Å²) in [6.45, 7) is 8.64. The van der Waals surface area contributed by atoms with E-state index in [-0.39, 0.29) is 11.1 Å². The van der Waals surface area contributed by atoms with E-state index in [0.717, 1.165) is 12.8 Å². The summed E-state index contributed by atoms with van der Waals surface area (Å²) in [4.78, 5) is 11.2. The second-order valence-corrected chi connectivity index (χ2v) is 6.39. The van der Waals surface area contributed by atoms with Gasteiger partial charge in [-0.1, -0.05) is 0 Å². The van der Waals surface area contributed by atoms with Crippen LogP contribution < -0.4 is 0 Å². The minimum Gasteiger partial charge on any atom is -0.249 e. The van der Waals surface area contributed by atoms with Crippen molar-refractivity contribution in [2.75, 3.05) is 6.29 Å². The summed E-state index contributed by atoms with van der Waals surface area (Å²) in [7, 11) is -2.06. The molecule has 0 bridgehead atoms. The zero-order chi connectivity index (χ0) is 11.0. The molecule has 4 heteroatoms. The van der Waals surface area contributed by atoms with Crippen molar-refractivity contribution in [3.05, 3.63) is 0 Å². The standard InChI is InChI=1S/C10H20NO2P/c1-9(2)6-5-7-10(3,4)11(9)8-14(12)13/h5-8H2,1-4H3/p+1. The van der Waals surface area contributed by atoms with Crippen molar-refractivity contribution in [1.82, 2.24) is 4.90 Å². The lowest BCUT2D eigenvalue weighted by Gasteiger charge is -2.50. The number of nitrogens with zero attached hydrogens (tertiary/aromatic N) is 1. The minimum atomic E-state index is -2.06. The lowest BCUT2D eigenvalue weighted by molar-refractivity contribution is -0.0113. The average molecular weight is 218 g/mol. The van der Waals surface area contributed by atoms with Crippen LogP contribution >= 0.6 is 8.03 Å². The summed E-state index contributed by atoms with van der Waals surface area (Å²) in [5, 5.41) is 0. The van der Waals surface area contributed by atoms with E-state index in [0.29, 0.717) is 6.29 Å². The first-order valence-electron chi connectivity index (χ1n) is 5.17. The first-order chi connectivity index (χ1) is 6.26. The van der Waals surface area contributed by atoms with Gasteiger partial charge in [-0.05, 0) is 51.5 Å². The topological polar surface area (TPSA) is 40.5 Å². The molecule has 1 aliphatic heterocycles. The molecule has 14 heavy (non-hydrogen) atoms. The quantitative estimate of drug-likeness (QED) is 0.724. The Morgan fingerprint density at radius 2 is 1.64 bits per heavy atom. The molecule has 0 aromatic rings. The molecule has 1 unspecified atom stereocenters. The normalized spacial score (nSPS) is 27.4. The third-order valence-electron chi connectivity index (χ3n) is 3.30. The van der Waals surface area contributed by atoms with Gasteiger partial charge in [-0.25, -0.2) is 4.90 Å². The Kier molecular flexibility index (Phi) is 3.35. The number of hydrogen-bond donors (Lipinski definition) is 1. The highest BCUT2D eigenvalue weighted by Gasteiger charge is 2.44. The molecule has 3 nitrogen and oxygen atoms in total. The third kappa shape index (κ3) is 2.53. The van der Waals surface area contributed by atoms with Crippen molar-refractivity contribution in [3.8, 4) is 0 Å². The minimum absolute atomic E-state index is 0.0511. The van der Waals surface area contributed by atoms with Gasteiger partial charge in [-0.2, -0.15) is 4.89 Å². The van der Waals surface area contributed by atoms with Crippen molar-refractivity contribution in [2.24, 2.45) is 0 Å². The number of hydrogen-bond acceptors (Lipinski definition) is 2. The number of piperidine rings is 1. The molecule has 1 rings (SSSR count). The smallest absolute Gasteiger partial charge is 0.249 e. The van der Waals surface area contributed by atoms with Crippen LogP contribution in [0.1, 0.15) is 47.0 Å². The van der Waals surface area contributed by atoms with Gasteiger partial charge in [-0.3, -0.25) is 0 Å². The monoisotopic (exact) mass is 218 g/mol. The van der Waals surface area contributed by atoms with Crippen molar-refractivity contribution < 1.29 is 9.46 Å². The van der Waals surface area contributed by atoms with Gasteiger partial charge in [0.2, 0.25) is 6.29 Å². The molecule has 0 aliphatic carbocycles. The molecule has 0 amide bonds. The van der Waals surface area contributed by atoms with Crippen LogP contribution in [0.15, 0.2) is 0 Å². The van der Waals surface area contributed by atoms with Crippen LogP contribution in [0.4, 0.5) is 0 Å². The van der Waals surface area contributed by atoms with E-state index in [1.54, 1.807) is 0 Å². The summed E-state index contributed by atoms with van der Waals surface area (Å²) in [6.07, 6.45) is 3.73. The van der Waals surface area contributed by atoms with Crippen molar-refractivity contribution in [2.45, 2.75) is 58.0 Å². The summed E-state index contributed by atoms with van der Waals surface area (Å²) in [6, 6.07) is 0. The highest BCUT2D eigenvalue weighted by molar-refractivity contribution is 7.37. The second-order valence-electron chi connectivity index (χ2n) is 5.40. The van der Waals surface area contributed by atoms with E-state index in [9.17, 15) is 4.57 Å². The Morgan fingerprint density at radius 1 is 1.21 bits per heavy atom. The first kappa shape index (κ1) is 12.1. The lowest BCUT2D eigenvalue weighted by Crippen LogP contribution is -2.58. The zero-order valence-electron chi connectivity index (χ0n) is 9.58. The summed E-state index contributed by atoms with van der Waals surface area (Å²) >= 11 is 0. The predicted molar refractivity (Wildman–Crippen MR) is 58.5 cm³/mol. The Bertz CT molecular complexity index is 222. The maximum atomic E-state index is 10.9. The summed E-state index contributed by atoms with van der Waals surface area (Å²) < 4.78 is 10.9. The van der Waals surface area contributed by atoms with Crippen LogP contribution in [-0.4, -0.2) is 27.2 Å². The van der Waals surface area contributed by atoms with E-state index < -0.39 is 8.03 Å². The molecule has 0 aromatic heterocycles. The molecule has 1 N–H and O–H groups in total. The van der Waals surface area contributed by atoms with Crippen LogP contribution in [0.2, 0.25) is 0 Å². The molecule has 1 saturated heterocycles. The van der Waals surface area contributed by atoms with Gasteiger partial charge in [0.15, 0.2) is 0 Å². The third-order valence-corrected chi connectivity index (χ3v) is 3.83. The van der Waals surface area contributed by atoms with E-state index in [1.165, 1.54) is 6.42 Å². The maximum Gasteiger partial charge on any atom is 0.521 e. The molecular formula is C10H21NO2P+. The average Bonchev–Trinajstić information content (AvgIpc) is 1.96. The van der Waals surface area contributed by atoms with Crippen LogP contribution in [0, 0.1) is 0 Å². The molecule has 1 aliphatic rings. The van der Waals surface area contributed by atoms with Gasteiger partial charge in [0.25, 0.3) is 0 Å². The van der Waals surface area contributed by atoms with Crippen LogP contribution in [0.25, 0.3) is 0 Å².